The maximum atomic E-state index is 13.4. The lowest BCUT2D eigenvalue weighted by Crippen LogP contribution is -2.14. The molecule has 5 heteroatoms. The van der Waals surface area contributed by atoms with E-state index in [-0.39, 0.29) is 12.1 Å². The molecule has 0 atom stereocenters. The topological polar surface area (TPSA) is 44.5 Å². The summed E-state index contributed by atoms with van der Waals surface area (Å²) >= 11 is 0. The van der Waals surface area contributed by atoms with Crippen LogP contribution in [-0.4, -0.2) is 13.2 Å². The number of benzene rings is 1. The monoisotopic (exact) mass is 243 g/mol. The second kappa shape index (κ2) is 4.49. The quantitative estimate of drug-likeness (QED) is 0.867. The Morgan fingerprint density at radius 3 is 2.35 bits per heavy atom. The van der Waals surface area contributed by atoms with Gasteiger partial charge in [0.1, 0.15) is 0 Å². The highest BCUT2D eigenvalue weighted by Crippen LogP contribution is 2.38. The summed E-state index contributed by atoms with van der Waals surface area (Å²) in [7, 11) is 0. The van der Waals surface area contributed by atoms with Crippen molar-refractivity contribution in [2.24, 2.45) is 5.73 Å². The van der Waals surface area contributed by atoms with E-state index in [0.717, 1.165) is 13.3 Å². The van der Waals surface area contributed by atoms with Gasteiger partial charge in [-0.25, -0.2) is 8.78 Å². The van der Waals surface area contributed by atoms with Crippen molar-refractivity contribution in [2.45, 2.75) is 25.8 Å². The van der Waals surface area contributed by atoms with Crippen LogP contribution < -0.4 is 15.2 Å². The second-order valence-electron chi connectivity index (χ2n) is 4.10. The van der Waals surface area contributed by atoms with Crippen molar-refractivity contribution in [2.75, 3.05) is 13.2 Å². The van der Waals surface area contributed by atoms with Crippen LogP contribution in [0.5, 0.6) is 11.5 Å². The van der Waals surface area contributed by atoms with Gasteiger partial charge >= 0.3 is 0 Å². The van der Waals surface area contributed by atoms with Crippen molar-refractivity contribution in [1.29, 1.82) is 0 Å². The van der Waals surface area contributed by atoms with Crippen LogP contribution >= 0.6 is 0 Å². The number of hydrogen-bond acceptors (Lipinski definition) is 3. The molecule has 1 aromatic carbocycles. The van der Waals surface area contributed by atoms with E-state index in [1.807, 2.05) is 0 Å². The normalized spacial score (nSPS) is 15.5. The zero-order valence-electron chi connectivity index (χ0n) is 9.63. The minimum atomic E-state index is -2.93. The van der Waals surface area contributed by atoms with Gasteiger partial charge < -0.3 is 15.2 Å². The number of rotatable bonds is 2. The molecule has 0 saturated carbocycles. The number of hydrogen-bond donors (Lipinski definition) is 1. The van der Waals surface area contributed by atoms with Crippen LogP contribution in [0.2, 0.25) is 0 Å². The molecule has 1 aromatic rings. The molecule has 0 unspecified atom stereocenters. The average molecular weight is 243 g/mol. The molecule has 2 N–H and O–H groups in total. The molecule has 3 nitrogen and oxygen atoms in total. The largest absolute Gasteiger partial charge is 0.490 e. The first-order chi connectivity index (χ1) is 8.02. The Balaban J connectivity index is 2.50. The Bertz CT molecular complexity index is 416. The molecule has 0 aromatic heterocycles. The van der Waals surface area contributed by atoms with Crippen molar-refractivity contribution >= 4 is 0 Å². The highest BCUT2D eigenvalue weighted by Gasteiger charge is 2.29. The van der Waals surface area contributed by atoms with Crippen LogP contribution in [0.1, 0.15) is 24.5 Å². The fourth-order valence-corrected chi connectivity index (χ4v) is 1.83. The fraction of sp³-hybridized carbons (Fsp3) is 0.500. The van der Waals surface area contributed by atoms with E-state index in [2.05, 4.69) is 0 Å². The highest BCUT2D eigenvalue weighted by atomic mass is 19.3. The van der Waals surface area contributed by atoms with Gasteiger partial charge in [-0.3, -0.25) is 0 Å². The maximum Gasteiger partial charge on any atom is 0.270 e. The molecule has 17 heavy (non-hydrogen) atoms. The van der Waals surface area contributed by atoms with E-state index < -0.39 is 5.92 Å². The summed E-state index contributed by atoms with van der Waals surface area (Å²) in [6, 6.07) is 2.89. The predicted octanol–water partition coefficient (Wildman–Crippen LogP) is 2.42. The van der Waals surface area contributed by atoms with Crippen LogP contribution in [0.25, 0.3) is 0 Å². The number of nitrogens with two attached hydrogens (primary N) is 1. The van der Waals surface area contributed by atoms with E-state index in [9.17, 15) is 8.78 Å². The molecule has 0 bridgehead atoms. The van der Waals surface area contributed by atoms with Gasteiger partial charge in [0.05, 0.1) is 13.2 Å². The lowest BCUT2D eigenvalue weighted by atomic mass is 10.0. The van der Waals surface area contributed by atoms with E-state index in [1.165, 1.54) is 6.07 Å². The molecule has 0 radical (unpaired) electrons. The zero-order chi connectivity index (χ0) is 12.5. The lowest BCUT2D eigenvalue weighted by molar-refractivity contribution is 0.0162. The first kappa shape index (κ1) is 12.1. The van der Waals surface area contributed by atoms with Crippen molar-refractivity contribution in [1.82, 2.24) is 0 Å². The first-order valence-electron chi connectivity index (χ1n) is 5.53. The van der Waals surface area contributed by atoms with Gasteiger partial charge in [0.2, 0.25) is 0 Å². The molecule has 0 fully saturated rings. The summed E-state index contributed by atoms with van der Waals surface area (Å²) in [4.78, 5) is 0. The van der Waals surface area contributed by atoms with Gasteiger partial charge in [-0.2, -0.15) is 0 Å². The Kier molecular flexibility index (Phi) is 3.19. The standard InChI is InChI=1S/C12H15F2NO2/c1-12(13,14)9-6-11-10(5-8(9)7-15)16-3-2-4-17-11/h5-6H,2-4,7,15H2,1H3. The third-order valence-corrected chi connectivity index (χ3v) is 2.67. The third kappa shape index (κ3) is 2.49. The van der Waals surface area contributed by atoms with Crippen molar-refractivity contribution in [3.63, 3.8) is 0 Å². The van der Waals surface area contributed by atoms with Gasteiger partial charge in [0, 0.05) is 25.5 Å². The molecule has 0 aliphatic carbocycles. The van der Waals surface area contributed by atoms with Gasteiger partial charge in [-0.05, 0) is 17.7 Å². The van der Waals surface area contributed by atoms with Crippen LogP contribution in [-0.2, 0) is 12.5 Å². The molecule has 2 rings (SSSR count). The molecular formula is C12H15F2NO2. The summed E-state index contributed by atoms with van der Waals surface area (Å²) in [5.41, 5.74) is 5.79. The van der Waals surface area contributed by atoms with E-state index in [1.54, 1.807) is 6.07 Å². The first-order valence-corrected chi connectivity index (χ1v) is 5.53. The molecule has 94 valence electrons. The summed E-state index contributed by atoms with van der Waals surface area (Å²) in [6.07, 6.45) is 0.741. The molecule has 0 spiro atoms. The van der Waals surface area contributed by atoms with Crippen molar-refractivity contribution in [3.8, 4) is 11.5 Å². The average Bonchev–Trinajstić information content (AvgIpc) is 2.50. The summed E-state index contributed by atoms with van der Waals surface area (Å²) < 4.78 is 37.7. The van der Waals surface area contributed by atoms with Crippen LogP contribution in [0.15, 0.2) is 12.1 Å². The Morgan fingerprint density at radius 1 is 1.24 bits per heavy atom. The van der Waals surface area contributed by atoms with Crippen LogP contribution in [0, 0.1) is 0 Å². The van der Waals surface area contributed by atoms with E-state index in [4.69, 9.17) is 15.2 Å². The van der Waals surface area contributed by atoms with Crippen molar-refractivity contribution < 1.29 is 18.3 Å². The van der Waals surface area contributed by atoms with Gasteiger partial charge in [-0.1, -0.05) is 0 Å². The molecule has 1 aliphatic heterocycles. The minimum Gasteiger partial charge on any atom is -0.490 e. The molecule has 1 heterocycles. The fourth-order valence-electron chi connectivity index (χ4n) is 1.83. The highest BCUT2D eigenvalue weighted by molar-refractivity contribution is 5.49. The summed E-state index contributed by atoms with van der Waals surface area (Å²) in [5.74, 6) is -2.06. The summed E-state index contributed by atoms with van der Waals surface area (Å²) in [6.45, 7) is 1.91. The SMILES string of the molecule is CC(F)(F)c1cc2c(cc1CN)OCCCO2. The number of halogens is 2. The smallest absolute Gasteiger partial charge is 0.270 e. The Morgan fingerprint density at radius 2 is 1.82 bits per heavy atom. The molecule has 1 aliphatic rings. The predicted molar refractivity (Wildman–Crippen MR) is 59.5 cm³/mol. The number of alkyl halides is 2. The Labute approximate surface area is 98.5 Å². The van der Waals surface area contributed by atoms with Crippen LogP contribution in [0.4, 0.5) is 8.78 Å². The lowest BCUT2D eigenvalue weighted by Gasteiger charge is -2.18. The second-order valence-corrected chi connectivity index (χ2v) is 4.10. The molecular weight excluding hydrogens is 228 g/mol. The van der Waals surface area contributed by atoms with Crippen LogP contribution in [0.3, 0.4) is 0 Å². The third-order valence-electron chi connectivity index (χ3n) is 2.67. The van der Waals surface area contributed by atoms with Gasteiger partial charge in [0.25, 0.3) is 5.92 Å². The summed E-state index contributed by atoms with van der Waals surface area (Å²) in [5, 5.41) is 0. The van der Waals surface area contributed by atoms with E-state index >= 15 is 0 Å². The Hall–Kier alpha value is -1.36. The molecule has 0 amide bonds. The van der Waals surface area contributed by atoms with Crippen molar-refractivity contribution in [3.05, 3.63) is 23.3 Å². The van der Waals surface area contributed by atoms with Gasteiger partial charge in [0.15, 0.2) is 11.5 Å². The van der Waals surface area contributed by atoms with Gasteiger partial charge in [-0.15, -0.1) is 0 Å². The zero-order valence-corrected chi connectivity index (χ0v) is 9.63. The maximum absolute atomic E-state index is 13.4. The number of ether oxygens (including phenoxy) is 2. The molecule has 0 saturated heterocycles. The minimum absolute atomic E-state index is 0.0510. The van der Waals surface area contributed by atoms with E-state index in [0.29, 0.717) is 30.3 Å². The number of fused-ring (bicyclic) bond motifs is 1.